The quantitative estimate of drug-likeness (QED) is 0.700. The molecule has 0 aliphatic carbocycles. The Kier molecular flexibility index (Phi) is 5.67. The number of amidine groups is 1. The Morgan fingerprint density at radius 1 is 1.21 bits per heavy atom. The van der Waals surface area contributed by atoms with Gasteiger partial charge in [-0.15, -0.1) is 0 Å². The summed E-state index contributed by atoms with van der Waals surface area (Å²) in [7, 11) is -3.22. The molecule has 2 aliphatic rings. The van der Waals surface area contributed by atoms with E-state index in [9.17, 15) is 17.6 Å². The van der Waals surface area contributed by atoms with Crippen molar-refractivity contribution in [3.05, 3.63) is 58.8 Å². The first-order valence-electron chi connectivity index (χ1n) is 8.82. The highest BCUT2D eigenvalue weighted by Gasteiger charge is 2.47. The van der Waals surface area contributed by atoms with Crippen LogP contribution >= 0.6 is 27.7 Å². The molecule has 1 N–H and O–H groups in total. The molecule has 1 fully saturated rings. The van der Waals surface area contributed by atoms with Gasteiger partial charge in [0.2, 0.25) is 5.91 Å². The summed E-state index contributed by atoms with van der Waals surface area (Å²) in [5.74, 6) is -0.739. The molecule has 0 radical (unpaired) electrons. The van der Waals surface area contributed by atoms with Crippen LogP contribution in [-0.2, 0) is 14.6 Å². The van der Waals surface area contributed by atoms with Gasteiger partial charge in [-0.1, -0.05) is 39.8 Å². The van der Waals surface area contributed by atoms with E-state index in [0.29, 0.717) is 10.9 Å². The summed E-state index contributed by atoms with van der Waals surface area (Å²) in [6, 6.07) is 12.5. The monoisotopic (exact) mass is 497 g/mol. The largest absolute Gasteiger partial charge is 0.325 e. The number of carbonyl (C=O) groups excluding carboxylic acids is 1. The van der Waals surface area contributed by atoms with Crippen molar-refractivity contribution in [2.24, 2.45) is 4.99 Å². The Bertz CT molecular complexity index is 1080. The van der Waals surface area contributed by atoms with Gasteiger partial charge < -0.3 is 10.2 Å². The van der Waals surface area contributed by atoms with Crippen molar-refractivity contribution in [2.45, 2.75) is 12.1 Å². The molecule has 2 aliphatic heterocycles. The number of rotatable bonds is 4. The molecule has 0 saturated carbocycles. The van der Waals surface area contributed by atoms with E-state index in [0.717, 1.165) is 4.47 Å². The normalized spacial score (nSPS) is 22.3. The number of aliphatic imine (C=N–C) groups is 1. The van der Waals surface area contributed by atoms with Crippen LogP contribution in [0.3, 0.4) is 0 Å². The molecular formula is C19H17BrFN3O3S2. The number of hydrogen-bond donors (Lipinski definition) is 1. The zero-order valence-electron chi connectivity index (χ0n) is 15.1. The third-order valence-electron chi connectivity index (χ3n) is 4.68. The fraction of sp³-hybridized carbons (Fsp3) is 0.263. The van der Waals surface area contributed by atoms with Crippen LogP contribution < -0.4 is 10.2 Å². The molecule has 6 nitrogen and oxygen atoms in total. The van der Waals surface area contributed by atoms with E-state index < -0.39 is 27.7 Å². The predicted octanol–water partition coefficient (Wildman–Crippen LogP) is 3.30. The Morgan fingerprint density at radius 3 is 2.66 bits per heavy atom. The number of benzene rings is 2. The second kappa shape index (κ2) is 8.08. The molecule has 2 heterocycles. The molecule has 2 aromatic carbocycles. The maximum absolute atomic E-state index is 14.4. The van der Waals surface area contributed by atoms with E-state index >= 15 is 0 Å². The van der Waals surface area contributed by atoms with Gasteiger partial charge in [0.25, 0.3) is 0 Å². The summed E-state index contributed by atoms with van der Waals surface area (Å²) in [6.45, 7) is 0. The summed E-state index contributed by atoms with van der Waals surface area (Å²) in [5, 5.41) is 3.26. The predicted molar refractivity (Wildman–Crippen MR) is 118 cm³/mol. The van der Waals surface area contributed by atoms with Gasteiger partial charge in [-0.05, 0) is 36.4 Å². The fourth-order valence-corrected chi connectivity index (χ4v) is 6.45. The van der Waals surface area contributed by atoms with E-state index in [-0.39, 0.29) is 28.9 Å². The first-order valence-corrected chi connectivity index (χ1v) is 12.4. The molecule has 0 unspecified atom stereocenters. The molecule has 4 rings (SSSR count). The van der Waals surface area contributed by atoms with Crippen molar-refractivity contribution in [3.8, 4) is 0 Å². The van der Waals surface area contributed by atoms with Gasteiger partial charge in [-0.2, -0.15) is 0 Å². The van der Waals surface area contributed by atoms with E-state index in [2.05, 4.69) is 26.2 Å². The lowest BCUT2D eigenvalue weighted by Gasteiger charge is -2.26. The van der Waals surface area contributed by atoms with Crippen molar-refractivity contribution in [2.75, 3.05) is 27.5 Å². The van der Waals surface area contributed by atoms with Gasteiger partial charge in [0.1, 0.15) is 5.82 Å². The standard InChI is InChI=1S/C19H17BrFN3O3S2/c20-12-5-7-13(8-6-12)22-18(25)9-28-19-23-15-10-29(26,27)11-17(15)24(19)16-4-2-1-3-14(16)21/h1-8,15,17H,9-11H2,(H,22,25)/t15-,17-/m1/s1. The Labute approximate surface area is 180 Å². The van der Waals surface area contributed by atoms with E-state index in [4.69, 9.17) is 0 Å². The number of nitrogens with zero attached hydrogens (tertiary/aromatic N) is 2. The number of nitrogens with one attached hydrogen (secondary N) is 1. The highest BCUT2D eigenvalue weighted by Crippen LogP contribution is 2.36. The molecule has 10 heteroatoms. The summed E-state index contributed by atoms with van der Waals surface area (Å²) in [5.41, 5.74) is 0.942. The summed E-state index contributed by atoms with van der Waals surface area (Å²) in [6.07, 6.45) is 0. The zero-order chi connectivity index (χ0) is 20.6. The van der Waals surface area contributed by atoms with Crippen LogP contribution in [0, 0.1) is 5.82 Å². The molecule has 152 valence electrons. The minimum atomic E-state index is -3.22. The lowest BCUT2D eigenvalue weighted by Crippen LogP contribution is -2.40. The van der Waals surface area contributed by atoms with E-state index in [1.165, 1.54) is 17.8 Å². The van der Waals surface area contributed by atoms with Crippen LogP contribution in [0.2, 0.25) is 0 Å². The maximum Gasteiger partial charge on any atom is 0.234 e. The molecule has 29 heavy (non-hydrogen) atoms. The number of anilines is 2. The van der Waals surface area contributed by atoms with Crippen molar-refractivity contribution in [1.82, 2.24) is 0 Å². The van der Waals surface area contributed by atoms with Crippen LogP contribution in [0.15, 0.2) is 58.0 Å². The number of halogens is 2. The number of carbonyl (C=O) groups is 1. The lowest BCUT2D eigenvalue weighted by atomic mass is 10.1. The van der Waals surface area contributed by atoms with Gasteiger partial charge in [0, 0.05) is 10.2 Å². The maximum atomic E-state index is 14.4. The van der Waals surface area contributed by atoms with Gasteiger partial charge in [-0.3, -0.25) is 9.79 Å². The molecule has 2 aromatic rings. The number of sulfone groups is 1. The van der Waals surface area contributed by atoms with Crippen LogP contribution in [0.4, 0.5) is 15.8 Å². The number of amides is 1. The Balaban J connectivity index is 1.51. The molecule has 1 saturated heterocycles. The minimum Gasteiger partial charge on any atom is -0.325 e. The molecule has 0 bridgehead atoms. The Morgan fingerprint density at radius 2 is 1.93 bits per heavy atom. The number of hydrogen-bond acceptors (Lipinski definition) is 6. The minimum absolute atomic E-state index is 0.0578. The van der Waals surface area contributed by atoms with Gasteiger partial charge in [0.15, 0.2) is 15.0 Å². The number of fused-ring (bicyclic) bond motifs is 1. The van der Waals surface area contributed by atoms with Gasteiger partial charge in [0.05, 0.1) is 35.0 Å². The average molecular weight is 498 g/mol. The third kappa shape index (κ3) is 4.49. The van der Waals surface area contributed by atoms with Gasteiger partial charge in [-0.25, -0.2) is 12.8 Å². The van der Waals surface area contributed by atoms with Crippen molar-refractivity contribution in [3.63, 3.8) is 0 Å². The number of thioether (sulfide) groups is 1. The number of para-hydroxylation sites is 1. The fourth-order valence-electron chi connectivity index (χ4n) is 3.42. The second-order valence-electron chi connectivity index (χ2n) is 6.79. The summed E-state index contributed by atoms with van der Waals surface area (Å²) >= 11 is 4.52. The van der Waals surface area contributed by atoms with Crippen molar-refractivity contribution in [1.29, 1.82) is 0 Å². The molecule has 0 aromatic heterocycles. The van der Waals surface area contributed by atoms with Crippen molar-refractivity contribution < 1.29 is 17.6 Å². The van der Waals surface area contributed by atoms with Crippen molar-refractivity contribution >= 4 is 60.0 Å². The smallest absolute Gasteiger partial charge is 0.234 e. The van der Waals surface area contributed by atoms with Crippen LogP contribution in [0.5, 0.6) is 0 Å². The van der Waals surface area contributed by atoms with E-state index in [1.54, 1.807) is 35.2 Å². The first-order chi connectivity index (χ1) is 13.8. The molecule has 1 amide bonds. The van der Waals surface area contributed by atoms with E-state index in [1.807, 2.05) is 12.1 Å². The zero-order valence-corrected chi connectivity index (χ0v) is 18.3. The molecular weight excluding hydrogens is 481 g/mol. The highest BCUT2D eigenvalue weighted by molar-refractivity contribution is 9.10. The Hall–Kier alpha value is -1.91. The molecule has 0 spiro atoms. The summed E-state index contributed by atoms with van der Waals surface area (Å²) < 4.78 is 39.4. The van der Waals surface area contributed by atoms with Crippen LogP contribution in [0.25, 0.3) is 0 Å². The van der Waals surface area contributed by atoms with Crippen LogP contribution in [-0.4, -0.2) is 48.8 Å². The lowest BCUT2D eigenvalue weighted by molar-refractivity contribution is -0.113. The second-order valence-corrected chi connectivity index (χ2v) is 10.8. The first kappa shape index (κ1) is 20.4. The SMILES string of the molecule is O=C(CSC1=N[C@@H]2CS(=O)(=O)C[C@H]2N1c1ccccc1F)Nc1ccc(Br)cc1. The average Bonchev–Trinajstić information content (AvgIpc) is 3.13. The summed E-state index contributed by atoms with van der Waals surface area (Å²) in [4.78, 5) is 18.5. The topological polar surface area (TPSA) is 78.8 Å². The van der Waals surface area contributed by atoms with Crippen LogP contribution in [0.1, 0.15) is 0 Å². The molecule has 2 atom stereocenters. The van der Waals surface area contributed by atoms with Gasteiger partial charge >= 0.3 is 0 Å². The highest BCUT2D eigenvalue weighted by atomic mass is 79.9. The third-order valence-corrected chi connectivity index (χ3v) is 7.87.